The highest BCUT2D eigenvalue weighted by atomic mass is 16.7. The molecule has 2 aliphatic rings. The summed E-state index contributed by atoms with van der Waals surface area (Å²) in [5.74, 6) is 0.397. The van der Waals surface area contributed by atoms with Gasteiger partial charge >= 0.3 is 6.09 Å². The molecule has 98 valence electrons. The number of piperidine rings is 1. The third-order valence-electron chi connectivity index (χ3n) is 3.85. The maximum absolute atomic E-state index is 11.9. The summed E-state index contributed by atoms with van der Waals surface area (Å²) in [6, 6.07) is 0. The minimum atomic E-state index is -0.341. The highest BCUT2D eigenvalue weighted by molar-refractivity contribution is 5.67. The molecule has 1 unspecified atom stereocenters. The Kier molecular flexibility index (Phi) is 4.66. The van der Waals surface area contributed by atoms with E-state index < -0.39 is 0 Å². The summed E-state index contributed by atoms with van der Waals surface area (Å²) in [4.78, 5) is 13.8. The zero-order valence-electron chi connectivity index (χ0n) is 10.7. The lowest BCUT2D eigenvalue weighted by Gasteiger charge is -2.29. The van der Waals surface area contributed by atoms with Crippen LogP contribution in [0.1, 0.15) is 44.9 Å². The molecule has 0 N–H and O–H groups in total. The van der Waals surface area contributed by atoms with Gasteiger partial charge in [-0.3, -0.25) is 0 Å². The van der Waals surface area contributed by atoms with Gasteiger partial charge in [0, 0.05) is 26.1 Å². The lowest BCUT2D eigenvalue weighted by Crippen LogP contribution is -2.39. The Morgan fingerprint density at radius 2 is 1.76 bits per heavy atom. The van der Waals surface area contributed by atoms with Crippen molar-refractivity contribution in [2.75, 3.05) is 20.2 Å². The molecule has 2 fully saturated rings. The number of amides is 1. The molecule has 4 nitrogen and oxygen atoms in total. The first-order chi connectivity index (χ1) is 8.31. The first-order valence-electron chi connectivity index (χ1n) is 6.79. The van der Waals surface area contributed by atoms with Gasteiger partial charge in [0.05, 0.1) is 0 Å². The molecule has 0 aromatic heterocycles. The number of carbonyl (C=O) groups excluding carboxylic acids is 1. The van der Waals surface area contributed by atoms with Crippen LogP contribution in [-0.2, 0) is 9.47 Å². The Bertz CT molecular complexity index is 245. The number of hydrogen-bond acceptors (Lipinski definition) is 3. The summed E-state index contributed by atoms with van der Waals surface area (Å²) < 4.78 is 10.8. The maximum Gasteiger partial charge on any atom is 0.412 e. The summed E-state index contributed by atoms with van der Waals surface area (Å²) in [6.45, 7) is 1.67. The predicted octanol–water partition coefficient (Wildman–Crippen LogP) is 2.77. The highest BCUT2D eigenvalue weighted by Crippen LogP contribution is 2.30. The van der Waals surface area contributed by atoms with E-state index in [-0.39, 0.29) is 12.4 Å². The van der Waals surface area contributed by atoms with Crippen molar-refractivity contribution < 1.29 is 14.3 Å². The van der Waals surface area contributed by atoms with Crippen LogP contribution in [0.15, 0.2) is 0 Å². The third kappa shape index (κ3) is 3.35. The van der Waals surface area contributed by atoms with E-state index >= 15 is 0 Å². The van der Waals surface area contributed by atoms with Crippen molar-refractivity contribution in [3.05, 3.63) is 0 Å². The second-order valence-corrected chi connectivity index (χ2v) is 5.08. The molecule has 1 aliphatic heterocycles. The van der Waals surface area contributed by atoms with Gasteiger partial charge in [-0.1, -0.05) is 12.8 Å². The van der Waals surface area contributed by atoms with Crippen LogP contribution in [0, 0.1) is 5.92 Å². The van der Waals surface area contributed by atoms with E-state index in [9.17, 15) is 4.79 Å². The smallest absolute Gasteiger partial charge is 0.412 e. The molecule has 17 heavy (non-hydrogen) atoms. The number of ether oxygens (including phenoxy) is 2. The summed E-state index contributed by atoms with van der Waals surface area (Å²) in [7, 11) is 1.63. The monoisotopic (exact) mass is 241 g/mol. The molecule has 1 amide bonds. The van der Waals surface area contributed by atoms with Gasteiger partial charge in [0.1, 0.15) is 0 Å². The lowest BCUT2D eigenvalue weighted by molar-refractivity contribution is -0.123. The van der Waals surface area contributed by atoms with Crippen LogP contribution in [0.2, 0.25) is 0 Å². The summed E-state index contributed by atoms with van der Waals surface area (Å²) in [6.07, 6.45) is 7.57. The van der Waals surface area contributed by atoms with Gasteiger partial charge in [0.15, 0.2) is 0 Å². The van der Waals surface area contributed by atoms with Gasteiger partial charge in [0.25, 0.3) is 0 Å². The van der Waals surface area contributed by atoms with Crippen LogP contribution in [0.3, 0.4) is 0 Å². The van der Waals surface area contributed by atoms with Gasteiger partial charge in [-0.05, 0) is 32.1 Å². The number of methoxy groups -OCH3 is 1. The SMILES string of the molecule is COC(OC(=O)N1CCCCC1)C1CCCC1. The van der Waals surface area contributed by atoms with E-state index in [2.05, 4.69) is 0 Å². The molecule has 0 bridgehead atoms. The van der Waals surface area contributed by atoms with Crippen LogP contribution < -0.4 is 0 Å². The van der Waals surface area contributed by atoms with Crippen molar-refractivity contribution in [1.29, 1.82) is 0 Å². The molecule has 0 aromatic rings. The fourth-order valence-corrected chi connectivity index (χ4v) is 2.82. The second kappa shape index (κ2) is 6.24. The standard InChI is InChI=1S/C13H23NO3/c1-16-12(11-7-3-4-8-11)17-13(15)14-9-5-2-6-10-14/h11-12H,2-10H2,1H3. The van der Waals surface area contributed by atoms with Gasteiger partial charge in [-0.2, -0.15) is 0 Å². The molecular formula is C13H23NO3. The lowest BCUT2D eigenvalue weighted by atomic mass is 10.1. The molecule has 1 aliphatic carbocycles. The average molecular weight is 241 g/mol. The van der Waals surface area contributed by atoms with Crippen molar-refractivity contribution >= 4 is 6.09 Å². The van der Waals surface area contributed by atoms with Crippen molar-refractivity contribution in [2.45, 2.75) is 51.2 Å². The molecule has 4 heteroatoms. The van der Waals surface area contributed by atoms with Crippen molar-refractivity contribution in [1.82, 2.24) is 4.90 Å². The molecule has 0 radical (unpaired) electrons. The van der Waals surface area contributed by atoms with E-state index in [1.54, 1.807) is 7.11 Å². The van der Waals surface area contributed by atoms with Crippen molar-refractivity contribution in [3.8, 4) is 0 Å². The fourth-order valence-electron chi connectivity index (χ4n) is 2.82. The zero-order valence-corrected chi connectivity index (χ0v) is 10.7. The quantitative estimate of drug-likeness (QED) is 0.713. The number of nitrogens with zero attached hydrogens (tertiary/aromatic N) is 1. The van der Waals surface area contributed by atoms with Crippen molar-refractivity contribution in [3.63, 3.8) is 0 Å². The van der Waals surface area contributed by atoms with Crippen LogP contribution in [0.5, 0.6) is 0 Å². The van der Waals surface area contributed by atoms with Crippen LogP contribution >= 0.6 is 0 Å². The Hall–Kier alpha value is -0.770. The first kappa shape index (κ1) is 12.7. The van der Waals surface area contributed by atoms with Crippen molar-refractivity contribution in [2.24, 2.45) is 5.92 Å². The van der Waals surface area contributed by atoms with Gasteiger partial charge < -0.3 is 14.4 Å². The fraction of sp³-hybridized carbons (Fsp3) is 0.923. The molecule has 1 atom stereocenters. The Balaban J connectivity index is 1.82. The average Bonchev–Trinajstić information content (AvgIpc) is 2.90. The van der Waals surface area contributed by atoms with Gasteiger partial charge in [-0.25, -0.2) is 4.79 Å². The Morgan fingerprint density at radius 1 is 1.12 bits per heavy atom. The zero-order chi connectivity index (χ0) is 12.1. The third-order valence-corrected chi connectivity index (χ3v) is 3.85. The highest BCUT2D eigenvalue weighted by Gasteiger charge is 2.29. The maximum atomic E-state index is 11.9. The topological polar surface area (TPSA) is 38.8 Å². The van der Waals surface area contributed by atoms with E-state index in [4.69, 9.17) is 9.47 Å². The number of likely N-dealkylation sites (tertiary alicyclic amines) is 1. The molecule has 1 heterocycles. The van der Waals surface area contributed by atoms with E-state index in [0.717, 1.165) is 38.8 Å². The van der Waals surface area contributed by atoms with E-state index in [0.29, 0.717) is 5.92 Å². The number of carbonyl (C=O) groups is 1. The van der Waals surface area contributed by atoms with Crippen LogP contribution in [0.4, 0.5) is 4.79 Å². The normalized spacial score (nSPS) is 23.7. The summed E-state index contributed by atoms with van der Waals surface area (Å²) in [5, 5.41) is 0. The first-order valence-corrected chi connectivity index (χ1v) is 6.79. The molecule has 1 saturated heterocycles. The van der Waals surface area contributed by atoms with Gasteiger partial charge in [-0.15, -0.1) is 0 Å². The predicted molar refractivity (Wildman–Crippen MR) is 64.7 cm³/mol. The number of rotatable bonds is 3. The minimum Gasteiger partial charge on any atom is -0.419 e. The summed E-state index contributed by atoms with van der Waals surface area (Å²) in [5.41, 5.74) is 0. The molecule has 1 saturated carbocycles. The molecular weight excluding hydrogens is 218 g/mol. The molecule has 0 aromatic carbocycles. The van der Waals surface area contributed by atoms with Crippen LogP contribution in [-0.4, -0.2) is 37.5 Å². The molecule has 2 rings (SSSR count). The summed E-state index contributed by atoms with van der Waals surface area (Å²) >= 11 is 0. The van der Waals surface area contributed by atoms with E-state index in [1.807, 2.05) is 4.90 Å². The van der Waals surface area contributed by atoms with E-state index in [1.165, 1.54) is 19.3 Å². The largest absolute Gasteiger partial charge is 0.419 e. The second-order valence-electron chi connectivity index (χ2n) is 5.08. The minimum absolute atomic E-state index is 0.191. The number of hydrogen-bond donors (Lipinski definition) is 0. The Labute approximate surface area is 103 Å². The Morgan fingerprint density at radius 3 is 2.35 bits per heavy atom. The van der Waals surface area contributed by atoms with Gasteiger partial charge in [0.2, 0.25) is 6.29 Å². The molecule has 0 spiro atoms. The van der Waals surface area contributed by atoms with Crippen LogP contribution in [0.25, 0.3) is 0 Å².